The highest BCUT2D eigenvalue weighted by atomic mass is 32.2. The third kappa shape index (κ3) is 3.04. The molecule has 1 fully saturated rings. The van der Waals surface area contributed by atoms with Crippen molar-refractivity contribution in [2.75, 3.05) is 25.9 Å². The van der Waals surface area contributed by atoms with Gasteiger partial charge in [0.25, 0.3) is 5.91 Å². The van der Waals surface area contributed by atoms with E-state index in [0.717, 1.165) is 11.3 Å². The second kappa shape index (κ2) is 5.91. The largest absolute Gasteiger partial charge is 0.353 e. The minimum atomic E-state index is -0.0881. The second-order valence-electron chi connectivity index (χ2n) is 4.21. The molecule has 1 heterocycles. The standard InChI is InChI=1S/C13H16N2O2S/c1-18-9-10-3-2-4-11(7-10)13(17)15-6-5-14-12(16)8-15/h2-4,7H,5-6,8-9H2,1H3,(H,14,16). The molecule has 0 atom stereocenters. The molecule has 18 heavy (non-hydrogen) atoms. The molecule has 1 aromatic carbocycles. The third-order valence-corrected chi connectivity index (χ3v) is 3.43. The molecule has 0 aromatic heterocycles. The molecule has 0 spiro atoms. The van der Waals surface area contributed by atoms with Gasteiger partial charge >= 0.3 is 0 Å². The maximum Gasteiger partial charge on any atom is 0.254 e. The van der Waals surface area contributed by atoms with Crippen molar-refractivity contribution in [2.24, 2.45) is 0 Å². The van der Waals surface area contributed by atoms with E-state index in [4.69, 9.17) is 0 Å². The number of hydrogen-bond donors (Lipinski definition) is 1. The van der Waals surface area contributed by atoms with Gasteiger partial charge in [-0.15, -0.1) is 0 Å². The SMILES string of the molecule is CSCc1cccc(C(=O)N2CCNC(=O)C2)c1. The first kappa shape index (κ1) is 13.0. The summed E-state index contributed by atoms with van der Waals surface area (Å²) in [6, 6.07) is 7.61. The normalized spacial score (nSPS) is 15.4. The van der Waals surface area contributed by atoms with Crippen molar-refractivity contribution in [2.45, 2.75) is 5.75 Å². The minimum absolute atomic E-state index is 0.0622. The Morgan fingerprint density at radius 1 is 1.50 bits per heavy atom. The fraction of sp³-hybridized carbons (Fsp3) is 0.385. The van der Waals surface area contributed by atoms with Crippen molar-refractivity contribution in [3.05, 3.63) is 35.4 Å². The summed E-state index contributed by atoms with van der Waals surface area (Å²) in [4.78, 5) is 25.1. The number of nitrogens with one attached hydrogen (secondary N) is 1. The van der Waals surface area contributed by atoms with E-state index in [2.05, 4.69) is 5.32 Å². The van der Waals surface area contributed by atoms with Gasteiger partial charge in [-0.1, -0.05) is 12.1 Å². The Hall–Kier alpha value is -1.49. The summed E-state index contributed by atoms with van der Waals surface area (Å²) < 4.78 is 0. The lowest BCUT2D eigenvalue weighted by Gasteiger charge is -2.26. The molecule has 0 bridgehead atoms. The predicted octanol–water partition coefficient (Wildman–Crippen LogP) is 1.12. The van der Waals surface area contributed by atoms with Crippen LogP contribution in [0, 0.1) is 0 Å². The quantitative estimate of drug-likeness (QED) is 0.890. The zero-order valence-electron chi connectivity index (χ0n) is 10.3. The van der Waals surface area contributed by atoms with E-state index < -0.39 is 0 Å². The van der Waals surface area contributed by atoms with Gasteiger partial charge in [0.15, 0.2) is 0 Å². The highest BCUT2D eigenvalue weighted by Crippen LogP contribution is 2.13. The third-order valence-electron chi connectivity index (χ3n) is 2.81. The van der Waals surface area contributed by atoms with Crippen LogP contribution in [0.25, 0.3) is 0 Å². The maximum absolute atomic E-state index is 12.2. The summed E-state index contributed by atoms with van der Waals surface area (Å²) in [5, 5.41) is 2.71. The zero-order valence-corrected chi connectivity index (χ0v) is 11.1. The van der Waals surface area contributed by atoms with Gasteiger partial charge in [-0.3, -0.25) is 9.59 Å². The molecule has 1 aliphatic heterocycles. The fourth-order valence-electron chi connectivity index (χ4n) is 1.96. The van der Waals surface area contributed by atoms with Gasteiger partial charge < -0.3 is 10.2 Å². The number of carbonyl (C=O) groups excluding carboxylic acids is 2. The van der Waals surface area contributed by atoms with Gasteiger partial charge in [0.1, 0.15) is 0 Å². The highest BCUT2D eigenvalue weighted by molar-refractivity contribution is 7.97. The summed E-state index contributed by atoms with van der Waals surface area (Å²) in [5.41, 5.74) is 1.80. The van der Waals surface area contributed by atoms with E-state index in [9.17, 15) is 9.59 Å². The Morgan fingerprint density at radius 3 is 3.06 bits per heavy atom. The van der Waals surface area contributed by atoms with Crippen molar-refractivity contribution < 1.29 is 9.59 Å². The van der Waals surface area contributed by atoms with Crippen molar-refractivity contribution in [1.82, 2.24) is 10.2 Å². The van der Waals surface area contributed by atoms with Gasteiger partial charge in [-0.05, 0) is 24.0 Å². The Bertz CT molecular complexity index is 462. The van der Waals surface area contributed by atoms with Crippen LogP contribution < -0.4 is 5.32 Å². The fourth-order valence-corrected chi connectivity index (χ4v) is 2.47. The number of piperazine rings is 1. The van der Waals surface area contributed by atoms with Crippen LogP contribution in [0.3, 0.4) is 0 Å². The van der Waals surface area contributed by atoms with Crippen molar-refractivity contribution in [3.63, 3.8) is 0 Å². The molecule has 1 aliphatic rings. The molecule has 0 radical (unpaired) electrons. The summed E-state index contributed by atoms with van der Waals surface area (Å²) in [6.07, 6.45) is 2.03. The first-order chi connectivity index (χ1) is 8.70. The van der Waals surface area contributed by atoms with Gasteiger partial charge in [0, 0.05) is 24.4 Å². The van der Waals surface area contributed by atoms with E-state index in [-0.39, 0.29) is 18.4 Å². The van der Waals surface area contributed by atoms with Crippen LogP contribution >= 0.6 is 11.8 Å². The molecule has 1 saturated heterocycles. The number of carbonyl (C=O) groups is 2. The van der Waals surface area contributed by atoms with Crippen LogP contribution in [0.15, 0.2) is 24.3 Å². The first-order valence-corrected chi connectivity index (χ1v) is 7.24. The van der Waals surface area contributed by atoms with Crippen molar-refractivity contribution in [3.8, 4) is 0 Å². The van der Waals surface area contributed by atoms with E-state index in [1.165, 1.54) is 0 Å². The lowest BCUT2D eigenvalue weighted by molar-refractivity contribution is -0.123. The predicted molar refractivity (Wildman–Crippen MR) is 72.6 cm³/mol. The van der Waals surface area contributed by atoms with Gasteiger partial charge in [-0.2, -0.15) is 11.8 Å². The summed E-state index contributed by atoms with van der Waals surface area (Å²) in [7, 11) is 0. The van der Waals surface area contributed by atoms with E-state index in [1.54, 1.807) is 22.7 Å². The number of thioether (sulfide) groups is 1. The Kier molecular flexibility index (Phi) is 4.25. The Balaban J connectivity index is 2.12. The molecule has 4 nitrogen and oxygen atoms in total. The molecule has 0 unspecified atom stereocenters. The Labute approximate surface area is 111 Å². The molecular formula is C13H16N2O2S. The van der Waals surface area contributed by atoms with Gasteiger partial charge in [-0.25, -0.2) is 0 Å². The first-order valence-electron chi connectivity index (χ1n) is 5.84. The molecule has 1 aromatic rings. The van der Waals surface area contributed by atoms with Gasteiger partial charge in [0.2, 0.25) is 5.91 Å². The molecule has 2 rings (SSSR count). The van der Waals surface area contributed by atoms with Crippen LogP contribution in [0.4, 0.5) is 0 Å². The average Bonchev–Trinajstić information content (AvgIpc) is 2.39. The monoisotopic (exact) mass is 264 g/mol. The summed E-state index contributed by atoms with van der Waals surface area (Å²) in [6.45, 7) is 1.28. The van der Waals surface area contributed by atoms with E-state index in [1.807, 2.05) is 24.5 Å². The molecule has 0 saturated carbocycles. The van der Waals surface area contributed by atoms with Crippen molar-refractivity contribution in [1.29, 1.82) is 0 Å². The molecule has 1 N–H and O–H groups in total. The van der Waals surface area contributed by atoms with E-state index >= 15 is 0 Å². The number of amides is 2. The lowest BCUT2D eigenvalue weighted by Crippen LogP contribution is -2.49. The summed E-state index contributed by atoms with van der Waals surface area (Å²) >= 11 is 1.72. The number of hydrogen-bond acceptors (Lipinski definition) is 3. The molecule has 5 heteroatoms. The number of nitrogens with zero attached hydrogens (tertiary/aromatic N) is 1. The number of rotatable bonds is 3. The summed E-state index contributed by atoms with van der Waals surface area (Å²) in [5.74, 6) is 0.740. The molecule has 2 amide bonds. The van der Waals surface area contributed by atoms with Crippen LogP contribution in [0.2, 0.25) is 0 Å². The molecule has 0 aliphatic carbocycles. The van der Waals surface area contributed by atoms with Crippen molar-refractivity contribution >= 4 is 23.6 Å². The Morgan fingerprint density at radius 2 is 2.33 bits per heavy atom. The van der Waals surface area contributed by atoms with E-state index in [0.29, 0.717) is 18.7 Å². The minimum Gasteiger partial charge on any atom is -0.353 e. The average molecular weight is 264 g/mol. The zero-order chi connectivity index (χ0) is 13.0. The lowest BCUT2D eigenvalue weighted by atomic mass is 10.1. The molecular weight excluding hydrogens is 248 g/mol. The van der Waals surface area contributed by atoms with Crippen LogP contribution in [-0.4, -0.2) is 42.6 Å². The highest BCUT2D eigenvalue weighted by Gasteiger charge is 2.22. The molecule has 96 valence electrons. The number of benzene rings is 1. The van der Waals surface area contributed by atoms with Crippen LogP contribution in [0.5, 0.6) is 0 Å². The van der Waals surface area contributed by atoms with Crippen LogP contribution in [-0.2, 0) is 10.5 Å². The topological polar surface area (TPSA) is 49.4 Å². The smallest absolute Gasteiger partial charge is 0.254 e. The van der Waals surface area contributed by atoms with Gasteiger partial charge in [0.05, 0.1) is 6.54 Å². The van der Waals surface area contributed by atoms with Crippen LogP contribution in [0.1, 0.15) is 15.9 Å². The second-order valence-corrected chi connectivity index (χ2v) is 5.08. The maximum atomic E-state index is 12.2.